The van der Waals surface area contributed by atoms with Gasteiger partial charge in [-0.25, -0.2) is 91.0 Å². The molecule has 756 valence electrons. The first-order valence-corrected chi connectivity index (χ1v) is 41.6. The number of nitrogens with zero attached hydrogens (tertiary/aromatic N) is 10. The van der Waals surface area contributed by atoms with Crippen molar-refractivity contribution in [2.75, 3.05) is 47.9 Å². The zero-order chi connectivity index (χ0) is 108. The van der Waals surface area contributed by atoms with Gasteiger partial charge in [-0.3, -0.25) is 47.9 Å². The average molecular weight is 2030 g/mol. The SMILES string of the molecule is COC(=O)c1cc(-c2nc(N[C@@H](C)C(N)=O)cc(C(N)=O)n2)ccc1F.COC(=O)c1cc(-c2nc(N[C@@H](C)C(N)=O)cc(C(N)=O)n2)ccc1Oc1ccc(F)cc1.COC(=O)c1cc(B(O)O)ccc1F.C[C@H](Nc1cc(C(N)=O)nc(-c2ccc(F)c(C(=O)O)c2)n1)C(N)=O.C[C@H](Nc1cc(C(N)=O)nc(-c2ccc(Oc3ccc(F)cc3)c(CO)c2)n1)C(N)=O.C[C@H](Nc1cc(C(N)=O)nc(Cl)n1)C(N)=O. The third-order valence-electron chi connectivity index (χ3n) is 18.8. The summed E-state index contributed by atoms with van der Waals surface area (Å²) < 4.78 is 91.6. The van der Waals surface area contributed by atoms with E-state index in [-0.39, 0.29) is 132 Å². The zero-order valence-electron chi connectivity index (χ0n) is 76.9. The van der Waals surface area contributed by atoms with Gasteiger partial charge < -0.3 is 128 Å². The molecule has 5 aromatic heterocycles. The zero-order valence-corrected chi connectivity index (χ0v) is 77.7. The van der Waals surface area contributed by atoms with Crippen LogP contribution in [0, 0.1) is 29.1 Å². The smallest absolute Gasteiger partial charge is 0.478 e. The van der Waals surface area contributed by atoms with Gasteiger partial charge in [0.25, 0.3) is 29.5 Å². The van der Waals surface area contributed by atoms with Crippen LogP contribution in [0.5, 0.6) is 23.0 Å². The molecule has 0 aliphatic heterocycles. The Morgan fingerprint density at radius 1 is 0.338 bits per heavy atom. The summed E-state index contributed by atoms with van der Waals surface area (Å²) in [6.07, 6.45) is 0. The Kier molecular flexibility index (Phi) is 40.6. The van der Waals surface area contributed by atoms with Crippen LogP contribution in [0.15, 0.2) is 170 Å². The number of carbonyl (C=O) groups excluding carboxylic acids is 13. The number of benzene rings is 7. The Balaban J connectivity index is 0.000000241. The molecule has 0 saturated heterocycles. The fourth-order valence-corrected chi connectivity index (χ4v) is 11.3. The number of halogens is 6. The number of anilines is 5. The maximum absolute atomic E-state index is 13.8. The molecule has 10 amide bonds. The van der Waals surface area contributed by atoms with Gasteiger partial charge in [-0.15, -0.1) is 0 Å². The van der Waals surface area contributed by atoms with Gasteiger partial charge in [0, 0.05) is 58.1 Å². The Bertz CT molecular complexity index is 6920. The summed E-state index contributed by atoms with van der Waals surface area (Å²) in [5.41, 5.74) is 52.1. The van der Waals surface area contributed by atoms with Gasteiger partial charge in [0.15, 0.2) is 23.3 Å². The third kappa shape index (κ3) is 33.4. The average Bonchev–Trinajstić information content (AvgIpc) is 0.812. The second kappa shape index (κ2) is 52.1. The minimum Gasteiger partial charge on any atom is -0.478 e. The lowest BCUT2D eigenvalue weighted by atomic mass is 9.79. The van der Waals surface area contributed by atoms with E-state index in [0.29, 0.717) is 33.9 Å². The van der Waals surface area contributed by atoms with E-state index in [4.69, 9.17) is 98.3 Å². The highest BCUT2D eigenvalue weighted by molar-refractivity contribution is 6.58. The fourth-order valence-electron chi connectivity index (χ4n) is 11.1. The van der Waals surface area contributed by atoms with Crippen molar-refractivity contribution in [3.05, 3.63) is 261 Å². The van der Waals surface area contributed by atoms with Crippen molar-refractivity contribution in [1.29, 1.82) is 0 Å². The van der Waals surface area contributed by atoms with Crippen LogP contribution >= 0.6 is 11.6 Å². The van der Waals surface area contributed by atoms with Crippen LogP contribution in [0.2, 0.25) is 5.28 Å². The minimum atomic E-state index is -1.74. The van der Waals surface area contributed by atoms with Crippen molar-refractivity contribution in [1.82, 2.24) is 49.8 Å². The Labute approximate surface area is 821 Å². The van der Waals surface area contributed by atoms with Crippen molar-refractivity contribution in [2.24, 2.45) is 57.3 Å². The number of aromatic nitrogens is 10. The fraction of sp³-hybridized carbons (Fsp3) is 0.156. The summed E-state index contributed by atoms with van der Waals surface area (Å²) in [6, 6.07) is 32.4. The summed E-state index contributed by atoms with van der Waals surface area (Å²) in [5, 5.41) is 49.8. The van der Waals surface area contributed by atoms with E-state index in [0.717, 1.165) is 44.6 Å². The second-order valence-corrected chi connectivity index (χ2v) is 29.8. The molecule has 48 nitrogen and oxygen atoms in total. The highest BCUT2D eigenvalue weighted by Crippen LogP contribution is 2.34. The van der Waals surface area contributed by atoms with Gasteiger partial charge in [-0.1, -0.05) is 6.07 Å². The monoisotopic (exact) mass is 2030 g/mol. The first-order valence-electron chi connectivity index (χ1n) is 41.2. The lowest BCUT2D eigenvalue weighted by molar-refractivity contribution is -0.119. The molecule has 0 spiro atoms. The van der Waals surface area contributed by atoms with Crippen LogP contribution in [0.1, 0.15) is 134 Å². The third-order valence-corrected chi connectivity index (χ3v) is 19.0. The molecule has 5 atom stereocenters. The Morgan fingerprint density at radius 3 is 0.917 bits per heavy atom. The molecule has 55 heteroatoms. The number of amides is 10. The number of aliphatic hydroxyl groups is 1. The number of hydrogen-bond acceptors (Lipinski definition) is 37. The number of hydrogen-bond donors (Lipinski definition) is 19. The topological polar surface area (TPSA) is 815 Å². The largest absolute Gasteiger partial charge is 0.488 e. The molecule has 12 rings (SSSR count). The number of aliphatic hydroxyl groups excluding tert-OH is 1. The van der Waals surface area contributed by atoms with Gasteiger partial charge in [0.2, 0.25) is 34.8 Å². The summed E-state index contributed by atoms with van der Waals surface area (Å²) in [5.74, 6) is -12.4. The molecular weight excluding hydrogens is 1940 g/mol. The number of primary amides is 10. The van der Waals surface area contributed by atoms with Crippen LogP contribution in [-0.4, -0.2) is 212 Å². The minimum absolute atomic E-state index is 0.00868. The van der Waals surface area contributed by atoms with Crippen molar-refractivity contribution in [3.8, 4) is 68.5 Å². The van der Waals surface area contributed by atoms with E-state index in [1.807, 2.05) is 0 Å². The molecule has 12 aromatic rings. The highest BCUT2D eigenvalue weighted by Gasteiger charge is 2.27. The van der Waals surface area contributed by atoms with Crippen molar-refractivity contribution in [3.63, 3.8) is 0 Å². The molecule has 7 aromatic carbocycles. The Hall–Kier alpha value is -19.0. The molecular formula is C90H88BClF5N25O23. The molecule has 0 fully saturated rings. The van der Waals surface area contributed by atoms with E-state index >= 15 is 0 Å². The molecule has 5 heterocycles. The summed E-state index contributed by atoms with van der Waals surface area (Å²) >= 11 is 5.57. The number of carboxylic acid groups (broad SMARTS) is 1. The molecule has 0 radical (unpaired) electrons. The van der Waals surface area contributed by atoms with Crippen LogP contribution in [-0.2, 0) is 44.8 Å². The van der Waals surface area contributed by atoms with E-state index in [1.54, 1.807) is 38.1 Å². The number of esters is 3. The second-order valence-electron chi connectivity index (χ2n) is 29.5. The van der Waals surface area contributed by atoms with Crippen LogP contribution < -0.4 is 98.9 Å². The molecule has 145 heavy (non-hydrogen) atoms. The van der Waals surface area contributed by atoms with Gasteiger partial charge in [-0.05, 0) is 185 Å². The number of carboxylic acids is 1. The van der Waals surface area contributed by atoms with Crippen LogP contribution in [0.4, 0.5) is 51.0 Å². The van der Waals surface area contributed by atoms with Crippen molar-refractivity contribution in [2.45, 2.75) is 71.4 Å². The van der Waals surface area contributed by atoms with Gasteiger partial charge in [-0.2, -0.15) is 0 Å². The molecule has 0 aliphatic rings. The van der Waals surface area contributed by atoms with E-state index in [1.165, 1.54) is 143 Å². The lowest BCUT2D eigenvalue weighted by Crippen LogP contribution is -2.33. The number of nitrogens with one attached hydrogen (secondary N) is 5. The van der Waals surface area contributed by atoms with Gasteiger partial charge in [0.05, 0.1) is 44.6 Å². The number of nitrogens with two attached hydrogens (primary N) is 10. The first-order chi connectivity index (χ1) is 68.3. The standard InChI is InChI=1S/C22H20FN5O5.C21H20FN5O4.C16H16FN5O4.C15H14FN5O4.C8H8BFO4.C8H10ClN5O2/c1-11(19(24)29)26-18-10-16(20(25)30)27-21(28-18)12-3-8-17(15(9-12)22(31)32-2)33-14-6-4-13(23)5-7-14;1-11(19(23)29)25-18-9-16(20(24)30)26-21(27-18)12-2-7-17(13(8-12)10-28)31-15-5-3-14(22)4-6-15;1-7(13(18)23)20-12-6-11(14(19)24)21-15(22-12)8-3-4-10(17)9(5-8)16(25)26-2;1-6(12(17)22)19-11-5-10(13(18)23)20-14(21-11)7-2-3-9(16)8(4-7)15(24)25;1-14-8(11)6-4-5(9(12)13)2-3-7(6)10;1-3(6(10)15)12-5-2-4(7(11)16)13-8(9)14-5/h3-11H,1-2H3,(H2,24,29)(H2,25,30)(H,26,27,28);2-9,11,28H,10H2,1H3,(H2,23,29)(H2,24,30)(H,25,26,27);3-7H,1-2H3,(H2,18,23)(H2,19,24)(H,20,21,22);2-6H,1H3,(H2,17,22)(H2,18,23)(H,24,25)(H,19,20,21);2-4,12-13H,1H3;2-3H,1H3,(H2,10,15)(H2,11,16)(H,12,13,14)/t2*11-;7-;6-;;3-/m0000.0/s1. The van der Waals surface area contributed by atoms with Crippen molar-refractivity contribution < 1.29 is 133 Å². The number of aromatic carboxylic acids is 1. The van der Waals surface area contributed by atoms with Crippen molar-refractivity contribution >= 4 is 136 Å². The summed E-state index contributed by atoms with van der Waals surface area (Å²) in [4.78, 5) is 200. The number of ether oxygens (including phenoxy) is 5. The number of rotatable bonds is 34. The van der Waals surface area contributed by atoms with Crippen LogP contribution in [0.3, 0.4) is 0 Å². The lowest BCUT2D eigenvalue weighted by Gasteiger charge is -2.14. The van der Waals surface area contributed by atoms with E-state index in [9.17, 15) is 94.2 Å². The molecule has 29 N–H and O–H groups in total. The molecule has 0 bridgehead atoms. The van der Waals surface area contributed by atoms with Gasteiger partial charge in [0.1, 0.15) is 145 Å². The number of carbonyl (C=O) groups is 14. The molecule has 0 aliphatic carbocycles. The highest BCUT2D eigenvalue weighted by atomic mass is 35.5. The quantitative estimate of drug-likeness (QED) is 0.00896. The van der Waals surface area contributed by atoms with E-state index in [2.05, 4.69) is 85.9 Å². The summed E-state index contributed by atoms with van der Waals surface area (Å²) in [7, 11) is 1.70. The Morgan fingerprint density at radius 2 is 0.607 bits per heavy atom. The number of methoxy groups -OCH3 is 3. The maximum atomic E-state index is 13.8. The summed E-state index contributed by atoms with van der Waals surface area (Å²) in [6.45, 7) is 7.23. The predicted molar refractivity (Wildman–Crippen MR) is 507 cm³/mol. The van der Waals surface area contributed by atoms with Gasteiger partial charge >= 0.3 is 31.0 Å². The van der Waals surface area contributed by atoms with E-state index < -0.39 is 155 Å². The first kappa shape index (κ1) is 113. The molecule has 0 saturated carbocycles. The van der Waals surface area contributed by atoms with Crippen LogP contribution in [0.25, 0.3) is 45.6 Å². The normalized spacial score (nSPS) is 11.4. The molecule has 0 unspecified atom stereocenters. The predicted octanol–water partition coefficient (Wildman–Crippen LogP) is 3.82. The maximum Gasteiger partial charge on any atom is 0.488 e.